The van der Waals surface area contributed by atoms with Crippen LogP contribution in [0, 0.1) is 0 Å². The monoisotopic (exact) mass is 263 g/mol. The summed E-state index contributed by atoms with van der Waals surface area (Å²) in [6, 6.07) is 4.67. The topological polar surface area (TPSA) is 85.2 Å². The summed E-state index contributed by atoms with van der Waals surface area (Å²) in [6.07, 6.45) is 3.06. The first-order chi connectivity index (χ1) is 8.70. The second-order valence-corrected chi connectivity index (χ2v) is 4.10. The van der Waals surface area contributed by atoms with Gasteiger partial charge in [0, 0.05) is 18.5 Å². The van der Waals surface area contributed by atoms with Crippen LogP contribution in [0.25, 0.3) is 0 Å². The molecule has 92 valence electrons. The van der Waals surface area contributed by atoms with Gasteiger partial charge in [0.15, 0.2) is 5.16 Å². The van der Waals surface area contributed by atoms with Gasteiger partial charge in [-0.15, -0.1) is 0 Å². The highest BCUT2D eigenvalue weighted by Crippen LogP contribution is 2.26. The molecular formula is C11H9N3O3S. The van der Waals surface area contributed by atoms with E-state index in [1.165, 1.54) is 25.6 Å². The zero-order valence-electron chi connectivity index (χ0n) is 9.40. The molecule has 0 unspecified atom stereocenters. The number of methoxy groups -OCH3 is 1. The lowest BCUT2D eigenvalue weighted by Gasteiger charge is -2.04. The van der Waals surface area contributed by atoms with Gasteiger partial charge in [-0.3, -0.25) is 0 Å². The van der Waals surface area contributed by atoms with Crippen LogP contribution in [0.1, 0.15) is 10.4 Å². The molecule has 6 nitrogen and oxygen atoms in total. The molecule has 2 rings (SSSR count). The third-order valence-electron chi connectivity index (χ3n) is 2.01. The summed E-state index contributed by atoms with van der Waals surface area (Å²) in [7, 11) is 1.50. The molecule has 0 aliphatic heterocycles. The predicted octanol–water partition coefficient (Wildman–Crippen LogP) is 1.73. The summed E-state index contributed by atoms with van der Waals surface area (Å²) in [6.45, 7) is 0. The second-order valence-electron chi connectivity index (χ2n) is 3.14. The summed E-state index contributed by atoms with van der Waals surface area (Å²) in [4.78, 5) is 23.1. The van der Waals surface area contributed by atoms with Gasteiger partial charge in [-0.25, -0.2) is 14.8 Å². The minimum Gasteiger partial charge on any atom is -0.481 e. The number of carboxylic acid groups (broad SMARTS) is 1. The van der Waals surface area contributed by atoms with E-state index in [1.807, 2.05) is 0 Å². The van der Waals surface area contributed by atoms with E-state index < -0.39 is 5.97 Å². The lowest BCUT2D eigenvalue weighted by Crippen LogP contribution is -2.01. The molecule has 0 atom stereocenters. The van der Waals surface area contributed by atoms with Crippen LogP contribution in [0.15, 0.2) is 40.8 Å². The lowest BCUT2D eigenvalue weighted by atomic mass is 10.3. The Morgan fingerprint density at radius 1 is 1.33 bits per heavy atom. The molecule has 7 heteroatoms. The number of aromatic carboxylic acids is 1. The van der Waals surface area contributed by atoms with E-state index in [0.29, 0.717) is 16.1 Å². The molecule has 0 aliphatic rings. The fourth-order valence-corrected chi connectivity index (χ4v) is 2.01. The van der Waals surface area contributed by atoms with Crippen LogP contribution < -0.4 is 4.74 Å². The molecule has 0 aliphatic carbocycles. The molecule has 2 heterocycles. The van der Waals surface area contributed by atoms with Gasteiger partial charge in [-0.2, -0.15) is 4.98 Å². The molecule has 0 spiro atoms. The molecule has 1 N–H and O–H groups in total. The van der Waals surface area contributed by atoms with Gasteiger partial charge < -0.3 is 9.84 Å². The highest BCUT2D eigenvalue weighted by Gasteiger charge is 2.13. The summed E-state index contributed by atoms with van der Waals surface area (Å²) < 4.78 is 4.97. The van der Waals surface area contributed by atoms with Crippen molar-refractivity contribution in [1.29, 1.82) is 0 Å². The van der Waals surface area contributed by atoms with Gasteiger partial charge in [0.25, 0.3) is 0 Å². The zero-order chi connectivity index (χ0) is 13.0. The molecule has 2 aromatic rings. The van der Waals surface area contributed by atoms with Crippen LogP contribution >= 0.6 is 11.8 Å². The van der Waals surface area contributed by atoms with E-state index in [1.54, 1.807) is 12.1 Å². The molecule has 2 aromatic heterocycles. The number of hydrogen-bond donors (Lipinski definition) is 1. The van der Waals surface area contributed by atoms with Gasteiger partial charge in [0.05, 0.1) is 12.7 Å². The third kappa shape index (κ3) is 2.75. The van der Waals surface area contributed by atoms with Gasteiger partial charge in [0.2, 0.25) is 5.88 Å². The van der Waals surface area contributed by atoms with E-state index in [9.17, 15) is 4.79 Å². The fourth-order valence-electron chi connectivity index (χ4n) is 1.21. The minimum atomic E-state index is -1.03. The van der Waals surface area contributed by atoms with Crippen molar-refractivity contribution in [2.75, 3.05) is 7.11 Å². The quantitative estimate of drug-likeness (QED) is 0.840. The normalized spacial score (nSPS) is 10.1. The molecule has 0 fully saturated rings. The van der Waals surface area contributed by atoms with Crippen molar-refractivity contribution in [2.45, 2.75) is 10.2 Å². The van der Waals surface area contributed by atoms with Crippen LogP contribution in [0.2, 0.25) is 0 Å². The molecule has 18 heavy (non-hydrogen) atoms. The molecule has 0 saturated carbocycles. The zero-order valence-corrected chi connectivity index (χ0v) is 10.2. The van der Waals surface area contributed by atoms with Crippen molar-refractivity contribution in [3.8, 4) is 5.88 Å². The summed E-state index contributed by atoms with van der Waals surface area (Å²) >= 11 is 1.08. The number of nitrogens with zero attached hydrogens (tertiary/aromatic N) is 3. The fraction of sp³-hybridized carbons (Fsp3) is 0.0909. The number of hydrogen-bond acceptors (Lipinski definition) is 6. The number of pyridine rings is 1. The van der Waals surface area contributed by atoms with Crippen molar-refractivity contribution in [3.63, 3.8) is 0 Å². The number of aromatic nitrogens is 3. The molecule has 0 amide bonds. The maximum atomic E-state index is 11.0. The van der Waals surface area contributed by atoms with Gasteiger partial charge in [0.1, 0.15) is 5.03 Å². The Balaban J connectivity index is 2.31. The van der Waals surface area contributed by atoms with Crippen LogP contribution in [0.3, 0.4) is 0 Å². The number of ether oxygens (including phenoxy) is 1. The first kappa shape index (κ1) is 12.3. The van der Waals surface area contributed by atoms with Gasteiger partial charge in [-0.05, 0) is 23.9 Å². The SMILES string of the molecule is COc1ccnc(Sc2ncccc2C(=O)O)n1. The maximum absolute atomic E-state index is 11.0. The Morgan fingerprint density at radius 3 is 2.89 bits per heavy atom. The molecule has 0 bridgehead atoms. The number of carboxylic acids is 1. The van der Waals surface area contributed by atoms with Crippen LogP contribution in [-0.2, 0) is 0 Å². The van der Waals surface area contributed by atoms with Crippen molar-refractivity contribution in [3.05, 3.63) is 36.2 Å². The minimum absolute atomic E-state index is 0.119. The Kier molecular flexibility index (Phi) is 3.73. The second kappa shape index (κ2) is 5.46. The van der Waals surface area contributed by atoms with Crippen molar-refractivity contribution in [2.24, 2.45) is 0 Å². The van der Waals surface area contributed by atoms with Crippen molar-refractivity contribution >= 4 is 17.7 Å². The largest absolute Gasteiger partial charge is 0.481 e. The molecule has 0 saturated heterocycles. The van der Waals surface area contributed by atoms with Crippen LogP contribution in [0.5, 0.6) is 5.88 Å². The summed E-state index contributed by atoms with van der Waals surface area (Å²) in [5.41, 5.74) is 0.119. The summed E-state index contributed by atoms with van der Waals surface area (Å²) in [5, 5.41) is 9.76. The molecule has 0 aromatic carbocycles. The molecule has 0 radical (unpaired) electrons. The number of carbonyl (C=O) groups is 1. The first-order valence-corrected chi connectivity index (χ1v) is 5.75. The van der Waals surface area contributed by atoms with Crippen LogP contribution in [0.4, 0.5) is 0 Å². The van der Waals surface area contributed by atoms with E-state index in [0.717, 1.165) is 11.8 Å². The van der Waals surface area contributed by atoms with Gasteiger partial charge in [-0.1, -0.05) is 0 Å². The van der Waals surface area contributed by atoms with E-state index in [-0.39, 0.29) is 5.56 Å². The van der Waals surface area contributed by atoms with E-state index >= 15 is 0 Å². The third-order valence-corrected chi connectivity index (χ3v) is 2.90. The van der Waals surface area contributed by atoms with Crippen molar-refractivity contribution < 1.29 is 14.6 Å². The Hall–Kier alpha value is -2.15. The average Bonchev–Trinajstić information content (AvgIpc) is 2.39. The van der Waals surface area contributed by atoms with Crippen molar-refractivity contribution in [1.82, 2.24) is 15.0 Å². The first-order valence-electron chi connectivity index (χ1n) is 4.94. The lowest BCUT2D eigenvalue weighted by molar-refractivity contribution is 0.0692. The Labute approximate surface area is 107 Å². The maximum Gasteiger partial charge on any atom is 0.338 e. The smallest absolute Gasteiger partial charge is 0.338 e. The highest BCUT2D eigenvalue weighted by molar-refractivity contribution is 7.99. The van der Waals surface area contributed by atoms with Crippen LogP contribution in [-0.4, -0.2) is 33.1 Å². The highest BCUT2D eigenvalue weighted by atomic mass is 32.2. The number of rotatable bonds is 4. The van der Waals surface area contributed by atoms with Gasteiger partial charge >= 0.3 is 5.97 Å². The Bertz CT molecular complexity index is 577. The van der Waals surface area contributed by atoms with E-state index in [2.05, 4.69) is 15.0 Å². The van der Waals surface area contributed by atoms with E-state index in [4.69, 9.17) is 9.84 Å². The predicted molar refractivity (Wildman–Crippen MR) is 63.9 cm³/mol. The standard InChI is InChI=1S/C11H9N3O3S/c1-17-8-4-6-13-11(14-8)18-9-7(10(15)16)3-2-5-12-9/h2-6H,1H3,(H,15,16). The summed E-state index contributed by atoms with van der Waals surface area (Å²) in [5.74, 6) is -0.617. The molecular weight excluding hydrogens is 254 g/mol. The average molecular weight is 263 g/mol. The Morgan fingerprint density at radius 2 is 2.17 bits per heavy atom.